The molecule has 1 amide bonds. The highest BCUT2D eigenvalue weighted by molar-refractivity contribution is 7.20. The lowest BCUT2D eigenvalue weighted by Gasteiger charge is -2.08. The molecule has 2 rings (SSSR count). The molecule has 18 heavy (non-hydrogen) atoms. The zero-order valence-corrected chi connectivity index (χ0v) is 12.2. The minimum atomic E-state index is 0.0351. The van der Waals surface area contributed by atoms with E-state index in [1.807, 2.05) is 20.8 Å². The predicted octanol–water partition coefficient (Wildman–Crippen LogP) is 2.57. The van der Waals surface area contributed by atoms with Crippen LogP contribution in [0.3, 0.4) is 0 Å². The van der Waals surface area contributed by atoms with E-state index in [9.17, 15) is 4.79 Å². The fourth-order valence-corrected chi connectivity index (χ4v) is 3.23. The summed E-state index contributed by atoms with van der Waals surface area (Å²) in [5.74, 6) is 0.873. The first kappa shape index (κ1) is 13.0. The minimum absolute atomic E-state index is 0.0351. The lowest BCUT2D eigenvalue weighted by atomic mass is 10.1. The Labute approximate surface area is 111 Å². The molecule has 2 heterocycles. The van der Waals surface area contributed by atoms with Gasteiger partial charge in [-0.05, 0) is 19.4 Å². The van der Waals surface area contributed by atoms with Crippen LogP contribution in [0.1, 0.15) is 33.7 Å². The third kappa shape index (κ3) is 1.99. The standard InChI is InChI=1S/C13H17N3OS/c1-6-9-14-8(3)10-7(2)11(13(17)16(4)5)18-12(10)15-9/h6H2,1-5H3. The highest BCUT2D eigenvalue weighted by Crippen LogP contribution is 2.31. The van der Waals surface area contributed by atoms with Crippen LogP contribution < -0.4 is 0 Å². The van der Waals surface area contributed by atoms with Crippen molar-refractivity contribution < 1.29 is 4.79 Å². The van der Waals surface area contributed by atoms with E-state index < -0.39 is 0 Å². The van der Waals surface area contributed by atoms with Crippen LogP contribution in [-0.4, -0.2) is 34.9 Å². The smallest absolute Gasteiger partial charge is 0.263 e. The van der Waals surface area contributed by atoms with Gasteiger partial charge < -0.3 is 4.90 Å². The number of hydrogen-bond donors (Lipinski definition) is 0. The summed E-state index contributed by atoms with van der Waals surface area (Å²) in [5, 5.41) is 1.03. The molecule has 0 bridgehead atoms. The maximum Gasteiger partial charge on any atom is 0.263 e. The number of carbonyl (C=O) groups excluding carboxylic acids is 1. The van der Waals surface area contributed by atoms with Crippen molar-refractivity contribution in [2.75, 3.05) is 14.1 Å². The number of rotatable bonds is 2. The van der Waals surface area contributed by atoms with Gasteiger partial charge in [0.05, 0.1) is 4.88 Å². The van der Waals surface area contributed by atoms with Gasteiger partial charge in [0.1, 0.15) is 10.7 Å². The molecule has 5 heteroatoms. The van der Waals surface area contributed by atoms with Gasteiger partial charge in [-0.2, -0.15) is 0 Å². The molecule has 0 radical (unpaired) electrons. The van der Waals surface area contributed by atoms with E-state index in [0.717, 1.165) is 38.6 Å². The molecule has 2 aromatic heterocycles. The van der Waals surface area contributed by atoms with Crippen molar-refractivity contribution in [2.45, 2.75) is 27.2 Å². The van der Waals surface area contributed by atoms with Crippen LogP contribution in [0.5, 0.6) is 0 Å². The zero-order valence-electron chi connectivity index (χ0n) is 11.4. The average Bonchev–Trinajstić information content (AvgIpc) is 2.65. The first-order valence-corrected chi connectivity index (χ1v) is 6.75. The number of thiophene rings is 1. The largest absolute Gasteiger partial charge is 0.344 e. The van der Waals surface area contributed by atoms with Crippen molar-refractivity contribution in [1.29, 1.82) is 0 Å². The topological polar surface area (TPSA) is 46.1 Å². The second kappa shape index (κ2) is 4.65. The number of aromatic nitrogens is 2. The van der Waals surface area contributed by atoms with Crippen LogP contribution in [0.4, 0.5) is 0 Å². The van der Waals surface area contributed by atoms with E-state index in [0.29, 0.717) is 0 Å². The van der Waals surface area contributed by atoms with Crippen LogP contribution >= 0.6 is 11.3 Å². The van der Waals surface area contributed by atoms with Gasteiger partial charge in [-0.3, -0.25) is 4.79 Å². The van der Waals surface area contributed by atoms with Crippen LogP contribution in [0, 0.1) is 13.8 Å². The number of carbonyl (C=O) groups is 1. The lowest BCUT2D eigenvalue weighted by molar-refractivity contribution is 0.0831. The van der Waals surface area contributed by atoms with Gasteiger partial charge in [0.25, 0.3) is 5.91 Å². The van der Waals surface area contributed by atoms with Crippen molar-refractivity contribution in [2.24, 2.45) is 0 Å². The molecule has 4 nitrogen and oxygen atoms in total. The summed E-state index contributed by atoms with van der Waals surface area (Å²) in [5.41, 5.74) is 1.96. The Kier molecular flexibility index (Phi) is 3.34. The molecular weight excluding hydrogens is 246 g/mol. The summed E-state index contributed by atoms with van der Waals surface area (Å²) >= 11 is 1.46. The Hall–Kier alpha value is -1.49. The molecule has 0 N–H and O–H groups in total. The summed E-state index contributed by atoms with van der Waals surface area (Å²) in [6.45, 7) is 5.98. The number of nitrogens with zero attached hydrogens (tertiary/aromatic N) is 3. The summed E-state index contributed by atoms with van der Waals surface area (Å²) in [6.07, 6.45) is 0.810. The number of amides is 1. The van der Waals surface area contributed by atoms with Crippen molar-refractivity contribution in [1.82, 2.24) is 14.9 Å². The van der Waals surface area contributed by atoms with Gasteiger partial charge in [0.15, 0.2) is 0 Å². The summed E-state index contributed by atoms with van der Waals surface area (Å²) < 4.78 is 0. The Morgan fingerprint density at radius 1 is 1.28 bits per heavy atom. The van der Waals surface area contributed by atoms with E-state index in [1.54, 1.807) is 19.0 Å². The Morgan fingerprint density at radius 3 is 2.50 bits per heavy atom. The van der Waals surface area contributed by atoms with Gasteiger partial charge >= 0.3 is 0 Å². The molecule has 0 saturated heterocycles. The molecule has 0 aliphatic rings. The lowest BCUT2D eigenvalue weighted by Crippen LogP contribution is -2.21. The van der Waals surface area contributed by atoms with Crippen molar-refractivity contribution >= 4 is 27.5 Å². The normalized spacial score (nSPS) is 10.9. The van der Waals surface area contributed by atoms with Gasteiger partial charge in [0, 0.05) is 31.6 Å². The monoisotopic (exact) mass is 263 g/mol. The Morgan fingerprint density at radius 2 is 1.94 bits per heavy atom. The van der Waals surface area contributed by atoms with Crippen LogP contribution in [-0.2, 0) is 6.42 Å². The van der Waals surface area contributed by atoms with Gasteiger partial charge in [-0.1, -0.05) is 6.92 Å². The average molecular weight is 263 g/mol. The minimum Gasteiger partial charge on any atom is -0.344 e. The van der Waals surface area contributed by atoms with Gasteiger partial charge in [-0.25, -0.2) is 9.97 Å². The highest BCUT2D eigenvalue weighted by atomic mass is 32.1. The molecule has 0 fully saturated rings. The quantitative estimate of drug-likeness (QED) is 0.836. The van der Waals surface area contributed by atoms with E-state index in [1.165, 1.54) is 11.3 Å². The number of hydrogen-bond acceptors (Lipinski definition) is 4. The van der Waals surface area contributed by atoms with Crippen LogP contribution in [0.25, 0.3) is 10.2 Å². The summed E-state index contributed by atoms with van der Waals surface area (Å²) in [6, 6.07) is 0. The first-order chi connectivity index (χ1) is 8.45. The molecule has 96 valence electrons. The second-order valence-electron chi connectivity index (χ2n) is 4.51. The molecule has 0 aromatic carbocycles. The first-order valence-electron chi connectivity index (χ1n) is 5.94. The van der Waals surface area contributed by atoms with Gasteiger partial charge in [0.2, 0.25) is 0 Å². The summed E-state index contributed by atoms with van der Waals surface area (Å²) in [4.78, 5) is 24.4. The third-order valence-corrected chi connectivity index (χ3v) is 4.11. The molecule has 0 aliphatic carbocycles. The zero-order chi connectivity index (χ0) is 13.4. The molecule has 2 aromatic rings. The maximum absolute atomic E-state index is 12.1. The Bertz CT molecular complexity index is 616. The molecule has 0 saturated carbocycles. The molecule has 0 unspecified atom stereocenters. The fourth-order valence-electron chi connectivity index (χ4n) is 1.96. The van der Waals surface area contributed by atoms with Crippen LogP contribution in [0.15, 0.2) is 0 Å². The summed E-state index contributed by atoms with van der Waals surface area (Å²) in [7, 11) is 3.53. The van der Waals surface area contributed by atoms with E-state index in [4.69, 9.17) is 0 Å². The molecule has 0 aliphatic heterocycles. The van der Waals surface area contributed by atoms with Gasteiger partial charge in [-0.15, -0.1) is 11.3 Å². The predicted molar refractivity (Wildman–Crippen MR) is 74.3 cm³/mol. The fraction of sp³-hybridized carbons (Fsp3) is 0.462. The van der Waals surface area contributed by atoms with Crippen molar-refractivity contribution in [3.8, 4) is 0 Å². The van der Waals surface area contributed by atoms with E-state index >= 15 is 0 Å². The third-order valence-electron chi connectivity index (χ3n) is 2.93. The van der Waals surface area contributed by atoms with Crippen molar-refractivity contribution in [3.63, 3.8) is 0 Å². The van der Waals surface area contributed by atoms with E-state index in [2.05, 4.69) is 9.97 Å². The Balaban J connectivity index is 2.70. The number of aryl methyl sites for hydroxylation is 3. The molecule has 0 atom stereocenters. The molecular formula is C13H17N3OS. The number of fused-ring (bicyclic) bond motifs is 1. The van der Waals surface area contributed by atoms with Crippen molar-refractivity contribution in [3.05, 3.63) is 22.0 Å². The second-order valence-corrected chi connectivity index (χ2v) is 5.51. The molecule has 0 spiro atoms. The SMILES string of the molecule is CCc1nc(C)c2c(C)c(C(=O)N(C)C)sc2n1. The highest BCUT2D eigenvalue weighted by Gasteiger charge is 2.19. The van der Waals surface area contributed by atoms with E-state index in [-0.39, 0.29) is 5.91 Å². The maximum atomic E-state index is 12.1. The van der Waals surface area contributed by atoms with Crippen LogP contribution in [0.2, 0.25) is 0 Å².